The van der Waals surface area contributed by atoms with Crippen LogP contribution < -0.4 is 4.74 Å². The lowest BCUT2D eigenvalue weighted by Crippen LogP contribution is -2.42. The van der Waals surface area contributed by atoms with Gasteiger partial charge >= 0.3 is 5.97 Å². The van der Waals surface area contributed by atoms with Crippen molar-refractivity contribution >= 4 is 33.5 Å². The first-order valence-corrected chi connectivity index (χ1v) is 10.7. The van der Waals surface area contributed by atoms with Gasteiger partial charge in [0.2, 0.25) is 6.10 Å². The summed E-state index contributed by atoms with van der Waals surface area (Å²) in [5, 5.41) is 0. The smallest absolute Gasteiger partial charge is 0.348 e. The topological polar surface area (TPSA) is 90.0 Å². The van der Waals surface area contributed by atoms with Crippen LogP contribution in [0.1, 0.15) is 6.42 Å². The molecule has 0 bridgehead atoms. The van der Waals surface area contributed by atoms with Crippen molar-refractivity contribution in [1.29, 1.82) is 0 Å². The first-order chi connectivity index (χ1) is 11.9. The molecule has 0 N–H and O–H groups in total. The fourth-order valence-electron chi connectivity index (χ4n) is 2.75. The van der Waals surface area contributed by atoms with Crippen LogP contribution in [0.4, 0.5) is 0 Å². The highest BCUT2D eigenvalue weighted by Gasteiger charge is 2.34. The molecule has 2 aliphatic rings. The molecule has 2 heterocycles. The Balaban J connectivity index is 1.50. The largest absolute Gasteiger partial charge is 0.477 e. The van der Waals surface area contributed by atoms with Crippen molar-refractivity contribution < 1.29 is 27.5 Å². The quantitative estimate of drug-likeness (QED) is 0.706. The summed E-state index contributed by atoms with van der Waals surface area (Å²) in [4.78, 5) is 26.6. The van der Waals surface area contributed by atoms with E-state index in [1.54, 1.807) is 6.07 Å². The molecule has 25 heavy (non-hydrogen) atoms. The number of amides is 1. The number of carbonyl (C=O) groups excluding carboxylic acids is 2. The Morgan fingerprint density at radius 2 is 2.12 bits per heavy atom. The molecule has 0 aromatic heterocycles. The fraction of sp³-hybridized carbons (Fsp3) is 0.500. The molecule has 1 saturated heterocycles. The molecule has 0 radical (unpaired) electrons. The van der Waals surface area contributed by atoms with Crippen LogP contribution in [0.5, 0.6) is 5.75 Å². The van der Waals surface area contributed by atoms with Crippen molar-refractivity contribution in [2.75, 3.05) is 30.9 Å². The van der Waals surface area contributed by atoms with Gasteiger partial charge in [0.15, 0.2) is 16.4 Å². The normalized spacial score (nSPS) is 24.0. The molecular formula is C16H19NO6S2. The van der Waals surface area contributed by atoms with E-state index in [0.717, 1.165) is 4.90 Å². The molecule has 1 fully saturated rings. The van der Waals surface area contributed by atoms with Crippen LogP contribution in [0.3, 0.4) is 0 Å². The number of likely N-dealkylation sites (N-methyl/N-ethyl adjacent to an activating group) is 1. The minimum atomic E-state index is -3.08. The summed E-state index contributed by atoms with van der Waals surface area (Å²) in [6.07, 6.45) is -0.345. The second kappa shape index (κ2) is 7.25. The highest BCUT2D eigenvalue weighted by atomic mass is 32.2. The molecule has 2 aliphatic heterocycles. The lowest BCUT2D eigenvalue weighted by Gasteiger charge is -2.25. The van der Waals surface area contributed by atoms with E-state index in [2.05, 4.69) is 0 Å². The molecule has 1 amide bonds. The minimum absolute atomic E-state index is 0.0393. The molecule has 9 heteroatoms. The monoisotopic (exact) mass is 385 g/mol. The van der Waals surface area contributed by atoms with Crippen molar-refractivity contribution in [3.8, 4) is 5.75 Å². The molecule has 136 valence electrons. The SMILES string of the molecule is CN(C(=O)COC(=O)C1CSc2ccccc2O1)C1CCS(=O)(=O)C1. The zero-order valence-corrected chi connectivity index (χ0v) is 15.3. The van der Waals surface area contributed by atoms with Crippen molar-refractivity contribution in [1.82, 2.24) is 4.90 Å². The van der Waals surface area contributed by atoms with Crippen LogP contribution in [0, 0.1) is 0 Å². The van der Waals surface area contributed by atoms with Crippen LogP contribution in [-0.4, -0.2) is 68.3 Å². The van der Waals surface area contributed by atoms with E-state index in [4.69, 9.17) is 9.47 Å². The van der Waals surface area contributed by atoms with E-state index < -0.39 is 34.4 Å². The number of hydrogen-bond donors (Lipinski definition) is 0. The number of thioether (sulfide) groups is 1. The van der Waals surface area contributed by atoms with Crippen molar-refractivity contribution in [3.05, 3.63) is 24.3 Å². The predicted molar refractivity (Wildman–Crippen MR) is 92.4 cm³/mol. The number of rotatable bonds is 4. The Morgan fingerprint density at radius 1 is 1.36 bits per heavy atom. The fourth-order valence-corrected chi connectivity index (χ4v) is 5.49. The zero-order valence-electron chi connectivity index (χ0n) is 13.7. The van der Waals surface area contributed by atoms with Gasteiger partial charge in [0, 0.05) is 23.7 Å². The lowest BCUT2D eigenvalue weighted by molar-refractivity contribution is -0.157. The van der Waals surface area contributed by atoms with E-state index in [1.165, 1.54) is 23.7 Å². The Labute approximate surface area is 150 Å². The molecule has 7 nitrogen and oxygen atoms in total. The predicted octanol–water partition coefficient (Wildman–Crippen LogP) is 0.728. The highest BCUT2D eigenvalue weighted by Crippen LogP contribution is 2.35. The number of ether oxygens (including phenoxy) is 2. The molecule has 0 spiro atoms. The second-order valence-electron chi connectivity index (χ2n) is 6.03. The van der Waals surface area contributed by atoms with Crippen molar-refractivity contribution in [2.24, 2.45) is 0 Å². The number of nitrogens with zero attached hydrogens (tertiary/aromatic N) is 1. The zero-order chi connectivity index (χ0) is 18.0. The van der Waals surface area contributed by atoms with Gasteiger partial charge < -0.3 is 14.4 Å². The van der Waals surface area contributed by atoms with Gasteiger partial charge in [-0.05, 0) is 18.6 Å². The molecule has 1 aromatic carbocycles. The average Bonchev–Trinajstić information content (AvgIpc) is 2.98. The molecule has 2 atom stereocenters. The van der Waals surface area contributed by atoms with Crippen molar-refractivity contribution in [3.63, 3.8) is 0 Å². The van der Waals surface area contributed by atoms with E-state index in [9.17, 15) is 18.0 Å². The number of sulfone groups is 1. The first-order valence-electron chi connectivity index (χ1n) is 7.87. The first kappa shape index (κ1) is 18.1. The third-order valence-electron chi connectivity index (χ3n) is 4.26. The van der Waals surface area contributed by atoms with E-state index in [1.807, 2.05) is 18.2 Å². The molecule has 2 unspecified atom stereocenters. The number of fused-ring (bicyclic) bond motifs is 1. The summed E-state index contributed by atoms with van der Waals surface area (Å²) in [6.45, 7) is -0.419. The van der Waals surface area contributed by atoms with Crippen LogP contribution >= 0.6 is 11.8 Å². The maximum absolute atomic E-state index is 12.1. The van der Waals surface area contributed by atoms with Crippen LogP contribution in [-0.2, 0) is 24.2 Å². The lowest BCUT2D eigenvalue weighted by atomic mass is 10.2. The average molecular weight is 385 g/mol. The molecular weight excluding hydrogens is 366 g/mol. The van der Waals surface area contributed by atoms with Gasteiger partial charge in [0.1, 0.15) is 5.75 Å². The minimum Gasteiger partial charge on any atom is -0.477 e. The van der Waals surface area contributed by atoms with Gasteiger partial charge in [-0.2, -0.15) is 0 Å². The number of hydrogen-bond acceptors (Lipinski definition) is 7. The molecule has 1 aromatic rings. The van der Waals surface area contributed by atoms with E-state index >= 15 is 0 Å². The standard InChI is InChI=1S/C16H19NO6S2/c1-17(11-6-7-25(20,21)10-11)15(18)8-22-16(19)13-9-24-14-5-3-2-4-12(14)23-13/h2-5,11,13H,6-10H2,1H3. The van der Waals surface area contributed by atoms with Gasteiger partial charge in [-0.3, -0.25) is 4.79 Å². The summed E-state index contributed by atoms with van der Waals surface area (Å²) in [6, 6.07) is 7.05. The number of para-hydroxylation sites is 1. The molecule has 3 rings (SSSR count). The number of carbonyl (C=O) groups is 2. The Hall–Kier alpha value is -1.74. The second-order valence-corrected chi connectivity index (χ2v) is 9.32. The molecule has 0 aliphatic carbocycles. The summed E-state index contributed by atoms with van der Waals surface area (Å²) in [5.41, 5.74) is 0. The maximum Gasteiger partial charge on any atom is 0.348 e. The summed E-state index contributed by atoms with van der Waals surface area (Å²) in [7, 11) is -1.54. The van der Waals surface area contributed by atoms with Gasteiger partial charge in [-0.1, -0.05) is 12.1 Å². The van der Waals surface area contributed by atoms with Crippen LogP contribution in [0.25, 0.3) is 0 Å². The maximum atomic E-state index is 12.1. The third-order valence-corrected chi connectivity index (χ3v) is 7.13. The summed E-state index contributed by atoms with van der Waals surface area (Å²) >= 11 is 1.50. The number of benzene rings is 1. The number of esters is 1. The van der Waals surface area contributed by atoms with Gasteiger partial charge in [-0.25, -0.2) is 13.2 Å². The van der Waals surface area contributed by atoms with Crippen LogP contribution in [0.2, 0.25) is 0 Å². The molecule has 0 saturated carbocycles. The summed E-state index contributed by atoms with van der Waals surface area (Å²) in [5.74, 6) is 0.0764. The van der Waals surface area contributed by atoms with Gasteiger partial charge in [0.05, 0.1) is 11.5 Å². The van der Waals surface area contributed by atoms with E-state index in [0.29, 0.717) is 17.9 Å². The highest BCUT2D eigenvalue weighted by molar-refractivity contribution is 7.99. The Bertz CT molecular complexity index is 779. The van der Waals surface area contributed by atoms with Crippen LogP contribution in [0.15, 0.2) is 29.2 Å². The van der Waals surface area contributed by atoms with E-state index in [-0.39, 0.29) is 17.5 Å². The Morgan fingerprint density at radius 3 is 2.84 bits per heavy atom. The third kappa shape index (κ3) is 4.27. The van der Waals surface area contributed by atoms with Gasteiger partial charge in [-0.15, -0.1) is 11.8 Å². The Kier molecular flexibility index (Phi) is 5.24. The van der Waals surface area contributed by atoms with Crippen molar-refractivity contribution in [2.45, 2.75) is 23.5 Å². The summed E-state index contributed by atoms with van der Waals surface area (Å²) < 4.78 is 33.7. The van der Waals surface area contributed by atoms with Gasteiger partial charge in [0.25, 0.3) is 5.91 Å².